The standard InChI is InChI=1S/C16H17N3O2S/c1-4-8-19(9-5-2)14(20)11-6-7-12-13(10-11)17-16(22)18(3)15(12)21/h4-7,10H,1-2,8-9H2,3H3,(H,17,22). The molecule has 1 amide bonds. The molecule has 1 heterocycles. The number of benzene rings is 1. The highest BCUT2D eigenvalue weighted by Crippen LogP contribution is 2.13. The number of amides is 1. The van der Waals surface area contributed by atoms with Gasteiger partial charge in [0.05, 0.1) is 10.9 Å². The topological polar surface area (TPSA) is 58.1 Å². The molecule has 0 atom stereocenters. The van der Waals surface area contributed by atoms with E-state index in [1.54, 1.807) is 42.3 Å². The molecular formula is C16H17N3O2S. The first-order chi connectivity index (χ1) is 10.5. The first kappa shape index (κ1) is 15.9. The summed E-state index contributed by atoms with van der Waals surface area (Å²) in [6.07, 6.45) is 3.32. The third-order valence-electron chi connectivity index (χ3n) is 3.33. The third-order valence-corrected chi connectivity index (χ3v) is 3.71. The molecule has 5 nitrogen and oxygen atoms in total. The highest BCUT2D eigenvalue weighted by molar-refractivity contribution is 7.71. The summed E-state index contributed by atoms with van der Waals surface area (Å²) in [4.78, 5) is 29.2. The number of hydrogen-bond donors (Lipinski definition) is 1. The SMILES string of the molecule is C=CCN(CC=C)C(=O)c1ccc2c(=O)n(C)c(=S)[nH]c2c1. The number of aromatic nitrogens is 2. The molecule has 0 bridgehead atoms. The van der Waals surface area contributed by atoms with Crippen LogP contribution in [0.15, 0.2) is 48.3 Å². The van der Waals surface area contributed by atoms with Gasteiger partial charge in [-0.25, -0.2) is 0 Å². The number of carbonyl (C=O) groups is 1. The van der Waals surface area contributed by atoms with E-state index in [2.05, 4.69) is 18.1 Å². The second kappa shape index (κ2) is 6.53. The maximum Gasteiger partial charge on any atom is 0.261 e. The molecule has 2 aromatic rings. The van der Waals surface area contributed by atoms with Crippen LogP contribution in [0.3, 0.4) is 0 Å². The van der Waals surface area contributed by atoms with Crippen molar-refractivity contribution in [3.05, 3.63) is 64.2 Å². The van der Waals surface area contributed by atoms with Gasteiger partial charge < -0.3 is 9.88 Å². The summed E-state index contributed by atoms with van der Waals surface area (Å²) in [7, 11) is 1.61. The molecule has 114 valence electrons. The van der Waals surface area contributed by atoms with E-state index in [0.717, 1.165) is 0 Å². The number of aromatic amines is 1. The number of fused-ring (bicyclic) bond motifs is 1. The number of carbonyl (C=O) groups excluding carboxylic acids is 1. The van der Waals surface area contributed by atoms with Crippen LogP contribution in [0.25, 0.3) is 10.9 Å². The Bertz CT molecular complexity index is 854. The van der Waals surface area contributed by atoms with Crippen molar-refractivity contribution in [1.29, 1.82) is 0 Å². The fourth-order valence-electron chi connectivity index (χ4n) is 2.17. The smallest absolute Gasteiger partial charge is 0.261 e. The molecule has 22 heavy (non-hydrogen) atoms. The average Bonchev–Trinajstić information content (AvgIpc) is 2.51. The van der Waals surface area contributed by atoms with Gasteiger partial charge in [-0.05, 0) is 30.4 Å². The predicted octanol–water partition coefficient (Wildman–Crippen LogP) is 2.41. The maximum atomic E-state index is 12.5. The summed E-state index contributed by atoms with van der Waals surface area (Å²) < 4.78 is 1.68. The van der Waals surface area contributed by atoms with Crippen LogP contribution in [0.1, 0.15) is 10.4 Å². The molecule has 0 saturated heterocycles. The van der Waals surface area contributed by atoms with Gasteiger partial charge in [0.25, 0.3) is 11.5 Å². The van der Waals surface area contributed by atoms with Crippen molar-refractivity contribution in [3.8, 4) is 0 Å². The van der Waals surface area contributed by atoms with E-state index >= 15 is 0 Å². The van der Waals surface area contributed by atoms with Crippen LogP contribution in [0.5, 0.6) is 0 Å². The second-order valence-corrected chi connectivity index (χ2v) is 5.23. The molecule has 0 unspecified atom stereocenters. The Labute approximate surface area is 133 Å². The van der Waals surface area contributed by atoms with Crippen LogP contribution in [0, 0.1) is 4.77 Å². The molecular weight excluding hydrogens is 298 g/mol. The maximum absolute atomic E-state index is 12.5. The second-order valence-electron chi connectivity index (χ2n) is 4.84. The molecule has 0 aliphatic carbocycles. The minimum Gasteiger partial charge on any atom is -0.332 e. The Morgan fingerprint density at radius 2 is 2.00 bits per heavy atom. The van der Waals surface area contributed by atoms with Crippen molar-refractivity contribution in [1.82, 2.24) is 14.5 Å². The van der Waals surface area contributed by atoms with Crippen LogP contribution >= 0.6 is 12.2 Å². The van der Waals surface area contributed by atoms with Crippen molar-refractivity contribution in [2.75, 3.05) is 13.1 Å². The molecule has 1 N–H and O–H groups in total. The van der Waals surface area contributed by atoms with Gasteiger partial charge in [0.1, 0.15) is 0 Å². The Morgan fingerprint density at radius 1 is 1.36 bits per heavy atom. The van der Waals surface area contributed by atoms with Gasteiger partial charge in [-0.2, -0.15) is 0 Å². The zero-order valence-electron chi connectivity index (χ0n) is 12.3. The van der Waals surface area contributed by atoms with E-state index in [1.807, 2.05) is 0 Å². The minimum atomic E-state index is -0.188. The molecule has 0 aliphatic heterocycles. The fourth-order valence-corrected chi connectivity index (χ4v) is 2.37. The summed E-state index contributed by atoms with van der Waals surface area (Å²) in [5, 5.41) is 0.492. The number of H-pyrrole nitrogens is 1. The van der Waals surface area contributed by atoms with Crippen molar-refractivity contribution in [3.63, 3.8) is 0 Å². The van der Waals surface area contributed by atoms with Gasteiger partial charge in [0.2, 0.25) is 0 Å². The molecule has 0 aliphatic rings. The summed E-state index contributed by atoms with van der Waals surface area (Å²) in [6.45, 7) is 8.15. The van der Waals surface area contributed by atoms with Crippen LogP contribution in [-0.2, 0) is 7.05 Å². The van der Waals surface area contributed by atoms with Crippen LogP contribution in [0.4, 0.5) is 0 Å². The number of hydrogen-bond acceptors (Lipinski definition) is 3. The molecule has 0 radical (unpaired) electrons. The summed E-state index contributed by atoms with van der Waals surface area (Å²) >= 11 is 5.10. The Balaban J connectivity index is 2.53. The monoisotopic (exact) mass is 315 g/mol. The van der Waals surface area contributed by atoms with E-state index in [9.17, 15) is 9.59 Å². The first-order valence-corrected chi connectivity index (χ1v) is 7.14. The van der Waals surface area contributed by atoms with Crippen LogP contribution in [0.2, 0.25) is 0 Å². The van der Waals surface area contributed by atoms with Crippen molar-refractivity contribution in [2.24, 2.45) is 7.05 Å². The highest BCUT2D eigenvalue weighted by Gasteiger charge is 2.14. The first-order valence-electron chi connectivity index (χ1n) is 6.73. The predicted molar refractivity (Wildman–Crippen MR) is 90.7 cm³/mol. The molecule has 2 rings (SSSR count). The van der Waals surface area contributed by atoms with E-state index < -0.39 is 0 Å². The van der Waals surface area contributed by atoms with Gasteiger partial charge in [-0.1, -0.05) is 12.2 Å². The average molecular weight is 315 g/mol. The van der Waals surface area contributed by atoms with Crippen molar-refractivity contribution < 1.29 is 4.79 Å². The lowest BCUT2D eigenvalue weighted by Crippen LogP contribution is -2.31. The fraction of sp³-hybridized carbons (Fsp3) is 0.188. The number of rotatable bonds is 5. The van der Waals surface area contributed by atoms with Crippen molar-refractivity contribution in [2.45, 2.75) is 0 Å². The third kappa shape index (κ3) is 2.92. The van der Waals surface area contributed by atoms with E-state index in [-0.39, 0.29) is 11.5 Å². The zero-order chi connectivity index (χ0) is 16.3. The lowest BCUT2D eigenvalue weighted by molar-refractivity contribution is 0.0791. The van der Waals surface area contributed by atoms with Gasteiger partial charge in [-0.3, -0.25) is 14.2 Å². The lowest BCUT2D eigenvalue weighted by Gasteiger charge is -2.19. The van der Waals surface area contributed by atoms with Crippen molar-refractivity contribution >= 4 is 29.0 Å². The molecule has 1 aromatic carbocycles. The summed E-state index contributed by atoms with van der Waals surface area (Å²) in [6, 6.07) is 4.92. The van der Waals surface area contributed by atoms with E-state index in [0.29, 0.717) is 34.3 Å². The van der Waals surface area contributed by atoms with Crippen LogP contribution < -0.4 is 5.56 Å². The minimum absolute atomic E-state index is 0.151. The van der Waals surface area contributed by atoms with E-state index in [4.69, 9.17) is 12.2 Å². The van der Waals surface area contributed by atoms with Crippen LogP contribution in [-0.4, -0.2) is 33.4 Å². The largest absolute Gasteiger partial charge is 0.332 e. The Kier molecular flexibility index (Phi) is 4.72. The lowest BCUT2D eigenvalue weighted by atomic mass is 10.1. The normalized spacial score (nSPS) is 10.4. The van der Waals surface area contributed by atoms with E-state index in [1.165, 1.54) is 4.57 Å². The summed E-state index contributed by atoms with van der Waals surface area (Å²) in [5.41, 5.74) is 0.845. The molecule has 0 spiro atoms. The molecule has 6 heteroatoms. The number of nitrogens with zero attached hydrogens (tertiary/aromatic N) is 2. The number of nitrogens with one attached hydrogen (secondary N) is 1. The Hall–Kier alpha value is -2.47. The molecule has 0 fully saturated rings. The van der Waals surface area contributed by atoms with Gasteiger partial charge in [0.15, 0.2) is 4.77 Å². The van der Waals surface area contributed by atoms with Gasteiger partial charge in [0, 0.05) is 25.7 Å². The molecule has 0 saturated carbocycles. The highest BCUT2D eigenvalue weighted by atomic mass is 32.1. The Morgan fingerprint density at radius 3 is 2.59 bits per heavy atom. The summed E-state index contributed by atoms with van der Waals surface area (Å²) in [5.74, 6) is -0.151. The van der Waals surface area contributed by atoms with Gasteiger partial charge in [-0.15, -0.1) is 13.2 Å². The quantitative estimate of drug-likeness (QED) is 0.681. The molecule has 1 aromatic heterocycles. The van der Waals surface area contributed by atoms with Gasteiger partial charge >= 0.3 is 0 Å². The zero-order valence-corrected chi connectivity index (χ0v) is 13.2.